The number of hydrogen-bond donors (Lipinski definition) is 1. The molecule has 2 unspecified atom stereocenters. The second-order valence-corrected chi connectivity index (χ2v) is 5.80. The fraction of sp³-hybridized carbons (Fsp3) is 0.857. The van der Waals surface area contributed by atoms with Crippen molar-refractivity contribution in [2.24, 2.45) is 0 Å². The molecule has 2 heterocycles. The summed E-state index contributed by atoms with van der Waals surface area (Å²) in [6.07, 6.45) is 7.69. The van der Waals surface area contributed by atoms with Gasteiger partial charge in [0.25, 0.3) is 0 Å². The molecule has 1 aliphatic carbocycles. The van der Waals surface area contributed by atoms with Gasteiger partial charge < -0.3 is 10.1 Å². The Kier molecular flexibility index (Phi) is 4.65. The van der Waals surface area contributed by atoms with Crippen molar-refractivity contribution in [1.82, 2.24) is 25.2 Å². The van der Waals surface area contributed by atoms with Crippen molar-refractivity contribution >= 4 is 0 Å². The molecule has 0 radical (unpaired) electrons. The van der Waals surface area contributed by atoms with Crippen LogP contribution in [0.25, 0.3) is 0 Å². The van der Waals surface area contributed by atoms with E-state index < -0.39 is 0 Å². The number of fused-ring (bicyclic) bond motifs is 1. The van der Waals surface area contributed by atoms with Gasteiger partial charge in [-0.05, 0) is 19.9 Å². The summed E-state index contributed by atoms with van der Waals surface area (Å²) in [6.45, 7) is 4.68. The highest BCUT2D eigenvalue weighted by Crippen LogP contribution is 2.28. The topological polar surface area (TPSA) is 55.2 Å². The summed E-state index contributed by atoms with van der Waals surface area (Å²) in [7, 11) is 1.93. The van der Waals surface area contributed by atoms with E-state index in [0.717, 1.165) is 38.5 Å². The van der Waals surface area contributed by atoms with Gasteiger partial charge in [0, 0.05) is 31.9 Å². The molecule has 1 saturated carbocycles. The molecule has 0 spiro atoms. The van der Waals surface area contributed by atoms with Crippen LogP contribution in [-0.4, -0.2) is 58.8 Å². The van der Waals surface area contributed by atoms with Crippen LogP contribution < -0.4 is 5.32 Å². The largest absolute Gasteiger partial charge is 0.375 e. The Hall–Kier alpha value is -0.980. The first kappa shape index (κ1) is 14.0. The zero-order valence-corrected chi connectivity index (χ0v) is 12.3. The quantitative estimate of drug-likeness (QED) is 0.857. The number of hydrogen-bond acceptors (Lipinski definition) is 5. The molecule has 20 heavy (non-hydrogen) atoms. The molecule has 0 amide bonds. The summed E-state index contributed by atoms with van der Waals surface area (Å²) in [5, 5.41) is 11.4. The summed E-state index contributed by atoms with van der Waals surface area (Å²) >= 11 is 0. The number of rotatable bonds is 5. The number of aromatic nitrogens is 3. The van der Waals surface area contributed by atoms with E-state index in [-0.39, 0.29) is 0 Å². The van der Waals surface area contributed by atoms with Crippen LogP contribution in [0.5, 0.6) is 0 Å². The first-order valence-corrected chi connectivity index (χ1v) is 7.76. The zero-order chi connectivity index (χ0) is 13.8. The van der Waals surface area contributed by atoms with Gasteiger partial charge in [-0.1, -0.05) is 18.1 Å². The molecule has 1 N–H and O–H groups in total. The van der Waals surface area contributed by atoms with E-state index in [1.807, 2.05) is 17.9 Å². The first-order chi connectivity index (χ1) is 9.86. The Bertz CT molecular complexity index is 419. The number of ether oxygens (including phenoxy) is 1. The maximum Gasteiger partial charge on any atom is 0.0964 e. The van der Waals surface area contributed by atoms with Gasteiger partial charge >= 0.3 is 0 Å². The van der Waals surface area contributed by atoms with Crippen molar-refractivity contribution in [3.63, 3.8) is 0 Å². The molecule has 1 aromatic heterocycles. The molecule has 6 nitrogen and oxygen atoms in total. The van der Waals surface area contributed by atoms with Gasteiger partial charge in [-0.3, -0.25) is 9.58 Å². The molecule has 2 aliphatic rings. The molecule has 1 aliphatic heterocycles. The van der Waals surface area contributed by atoms with E-state index >= 15 is 0 Å². The Morgan fingerprint density at radius 1 is 1.35 bits per heavy atom. The highest BCUT2D eigenvalue weighted by molar-refractivity contribution is 4.92. The molecule has 1 saturated heterocycles. The van der Waals surface area contributed by atoms with Crippen molar-refractivity contribution in [2.75, 3.05) is 26.7 Å². The summed E-state index contributed by atoms with van der Waals surface area (Å²) in [4.78, 5) is 2.59. The van der Waals surface area contributed by atoms with Gasteiger partial charge in [-0.2, -0.15) is 0 Å². The summed E-state index contributed by atoms with van der Waals surface area (Å²) < 4.78 is 7.87. The standard InChI is InChI=1S/C14H25N5O/c1-15-10-12-11-19(17-16-12)7-6-18-8-9-20-14-5-3-2-4-13(14)18/h11,13-15H,2-10H2,1H3. The van der Waals surface area contributed by atoms with Crippen LogP contribution in [-0.2, 0) is 17.8 Å². The summed E-state index contributed by atoms with van der Waals surface area (Å²) in [5.74, 6) is 0. The first-order valence-electron chi connectivity index (χ1n) is 7.76. The smallest absolute Gasteiger partial charge is 0.0964 e. The predicted molar refractivity (Wildman–Crippen MR) is 76.4 cm³/mol. The third kappa shape index (κ3) is 3.19. The molecule has 1 aromatic rings. The average molecular weight is 279 g/mol. The van der Waals surface area contributed by atoms with Crippen LogP contribution in [0, 0.1) is 0 Å². The van der Waals surface area contributed by atoms with Gasteiger partial charge in [0.15, 0.2) is 0 Å². The molecule has 6 heteroatoms. The van der Waals surface area contributed by atoms with E-state index in [1.165, 1.54) is 25.7 Å². The lowest BCUT2D eigenvalue weighted by Crippen LogP contribution is -2.53. The summed E-state index contributed by atoms with van der Waals surface area (Å²) in [6, 6.07) is 0.623. The van der Waals surface area contributed by atoms with Crippen molar-refractivity contribution in [2.45, 2.75) is 50.9 Å². The van der Waals surface area contributed by atoms with Crippen LogP contribution in [0.1, 0.15) is 31.4 Å². The number of nitrogens with zero attached hydrogens (tertiary/aromatic N) is 4. The average Bonchev–Trinajstić information content (AvgIpc) is 2.93. The van der Waals surface area contributed by atoms with Crippen molar-refractivity contribution < 1.29 is 4.74 Å². The highest BCUT2D eigenvalue weighted by Gasteiger charge is 2.33. The van der Waals surface area contributed by atoms with Crippen LogP contribution in [0.4, 0.5) is 0 Å². The lowest BCUT2D eigenvalue weighted by atomic mass is 9.90. The molecule has 2 fully saturated rings. The van der Waals surface area contributed by atoms with Gasteiger partial charge in [-0.15, -0.1) is 5.10 Å². The Morgan fingerprint density at radius 3 is 3.15 bits per heavy atom. The molecular formula is C14H25N5O. The minimum Gasteiger partial charge on any atom is -0.375 e. The maximum atomic E-state index is 5.92. The molecule has 0 bridgehead atoms. The van der Waals surface area contributed by atoms with Crippen molar-refractivity contribution in [1.29, 1.82) is 0 Å². The fourth-order valence-corrected chi connectivity index (χ4v) is 3.40. The monoisotopic (exact) mass is 279 g/mol. The van der Waals surface area contributed by atoms with Gasteiger partial charge in [-0.25, -0.2) is 0 Å². The lowest BCUT2D eigenvalue weighted by molar-refractivity contribution is -0.0889. The predicted octanol–water partition coefficient (Wildman–Crippen LogP) is 0.641. The van der Waals surface area contributed by atoms with Crippen LogP contribution in [0.15, 0.2) is 6.20 Å². The Morgan fingerprint density at radius 2 is 2.25 bits per heavy atom. The Labute approximate surface area is 120 Å². The zero-order valence-electron chi connectivity index (χ0n) is 12.3. The minimum absolute atomic E-state index is 0.466. The molecular weight excluding hydrogens is 254 g/mol. The number of morpholine rings is 1. The second kappa shape index (κ2) is 6.65. The van der Waals surface area contributed by atoms with Crippen LogP contribution >= 0.6 is 0 Å². The summed E-state index contributed by atoms with van der Waals surface area (Å²) in [5.41, 5.74) is 1.00. The normalized spacial score (nSPS) is 27.4. The lowest BCUT2D eigenvalue weighted by Gasteiger charge is -2.43. The van der Waals surface area contributed by atoms with E-state index in [0.29, 0.717) is 12.1 Å². The van der Waals surface area contributed by atoms with Gasteiger partial charge in [0.1, 0.15) is 0 Å². The molecule has 2 atom stereocenters. The van der Waals surface area contributed by atoms with Crippen LogP contribution in [0.2, 0.25) is 0 Å². The third-order valence-electron chi connectivity index (χ3n) is 4.41. The van der Waals surface area contributed by atoms with Crippen LogP contribution in [0.3, 0.4) is 0 Å². The van der Waals surface area contributed by atoms with Gasteiger partial charge in [0.2, 0.25) is 0 Å². The molecule has 0 aromatic carbocycles. The Balaban J connectivity index is 1.53. The second-order valence-electron chi connectivity index (χ2n) is 5.80. The molecule has 3 rings (SSSR count). The molecule has 112 valence electrons. The number of nitrogens with one attached hydrogen (secondary N) is 1. The minimum atomic E-state index is 0.466. The van der Waals surface area contributed by atoms with Crippen molar-refractivity contribution in [3.05, 3.63) is 11.9 Å². The highest BCUT2D eigenvalue weighted by atomic mass is 16.5. The van der Waals surface area contributed by atoms with E-state index in [4.69, 9.17) is 4.74 Å². The fourth-order valence-electron chi connectivity index (χ4n) is 3.40. The van der Waals surface area contributed by atoms with E-state index in [9.17, 15) is 0 Å². The van der Waals surface area contributed by atoms with Gasteiger partial charge in [0.05, 0.1) is 24.9 Å². The van der Waals surface area contributed by atoms with E-state index in [1.54, 1.807) is 0 Å². The van der Waals surface area contributed by atoms with Crippen molar-refractivity contribution in [3.8, 4) is 0 Å². The SMILES string of the molecule is CNCc1cn(CCN2CCOC3CCCCC32)nn1. The maximum absolute atomic E-state index is 5.92. The van der Waals surface area contributed by atoms with E-state index in [2.05, 4.69) is 20.5 Å². The third-order valence-corrected chi connectivity index (χ3v) is 4.41.